The van der Waals surface area contributed by atoms with Gasteiger partial charge in [-0.1, -0.05) is 12.1 Å². The van der Waals surface area contributed by atoms with E-state index in [1.54, 1.807) is 16.6 Å². The molecule has 1 aromatic carbocycles. The number of hydrogen-bond donors (Lipinski definition) is 1. The summed E-state index contributed by atoms with van der Waals surface area (Å²) in [5.41, 5.74) is 1.94. The number of pyridine rings is 1. The van der Waals surface area contributed by atoms with Gasteiger partial charge in [-0.2, -0.15) is 9.57 Å². The number of nitrogens with zero attached hydrogens (tertiary/aromatic N) is 3. The summed E-state index contributed by atoms with van der Waals surface area (Å²) in [7, 11) is -3.38. The maximum absolute atomic E-state index is 12.7. The standard InChI is InChI=1S/C21H25N5O2S/c22-15-18-3-5-19(6-4-18)17-24-11-13-25(14-12-24)21-8-7-20(16-23-21)29(27,28)26-9-1-2-10-26/h3-8,16H,1-2,9-14,17H2/p+2. The normalized spacial score (nSPS) is 18.7. The van der Waals surface area contributed by atoms with E-state index in [9.17, 15) is 8.42 Å². The van der Waals surface area contributed by atoms with Crippen LogP contribution in [0.3, 0.4) is 0 Å². The van der Waals surface area contributed by atoms with Gasteiger partial charge in [0.2, 0.25) is 10.0 Å². The van der Waals surface area contributed by atoms with Gasteiger partial charge in [0.05, 0.1) is 11.6 Å². The third kappa shape index (κ3) is 4.42. The molecule has 2 aliphatic rings. The minimum absolute atomic E-state index is 0.341. The number of hydrogen-bond acceptors (Lipinski definition) is 4. The Hall–Kier alpha value is -2.47. The number of aromatic amines is 1. The largest absolute Gasteiger partial charge is 0.325 e. The number of nitriles is 1. The number of sulfonamides is 1. The van der Waals surface area contributed by atoms with Gasteiger partial charge in [-0.25, -0.2) is 13.4 Å². The lowest BCUT2D eigenvalue weighted by molar-refractivity contribution is -0.914. The molecule has 8 heteroatoms. The molecule has 3 heterocycles. The second-order valence-corrected chi connectivity index (χ2v) is 9.68. The molecule has 2 fully saturated rings. The molecule has 0 unspecified atom stereocenters. The smallest absolute Gasteiger partial charge is 0.274 e. The van der Waals surface area contributed by atoms with Crippen molar-refractivity contribution in [1.29, 1.82) is 5.26 Å². The lowest BCUT2D eigenvalue weighted by Crippen LogP contribution is -3.13. The summed E-state index contributed by atoms with van der Waals surface area (Å²) in [4.78, 5) is 7.32. The summed E-state index contributed by atoms with van der Waals surface area (Å²) >= 11 is 0. The topological polar surface area (TPSA) is 83.0 Å². The third-order valence-electron chi connectivity index (χ3n) is 5.82. The number of aromatic nitrogens is 1. The summed E-state index contributed by atoms with van der Waals surface area (Å²) in [6, 6.07) is 13.6. The summed E-state index contributed by atoms with van der Waals surface area (Å²) in [6.45, 7) is 6.06. The highest BCUT2D eigenvalue weighted by molar-refractivity contribution is 7.89. The Bertz CT molecular complexity index is 969. The van der Waals surface area contributed by atoms with Crippen molar-refractivity contribution in [2.24, 2.45) is 0 Å². The molecule has 29 heavy (non-hydrogen) atoms. The molecule has 0 amide bonds. The Morgan fingerprint density at radius 3 is 2.28 bits per heavy atom. The first-order chi connectivity index (χ1) is 14.1. The van der Waals surface area contributed by atoms with E-state index in [1.807, 2.05) is 30.3 Å². The zero-order valence-corrected chi connectivity index (χ0v) is 17.3. The van der Waals surface area contributed by atoms with E-state index in [1.165, 1.54) is 10.5 Å². The van der Waals surface area contributed by atoms with Crippen molar-refractivity contribution in [3.05, 3.63) is 53.7 Å². The fraction of sp³-hybridized carbons (Fsp3) is 0.429. The lowest BCUT2D eigenvalue weighted by Gasteiger charge is -2.28. The van der Waals surface area contributed by atoms with Crippen molar-refractivity contribution < 1.29 is 18.3 Å². The molecule has 152 valence electrons. The Morgan fingerprint density at radius 1 is 1.00 bits per heavy atom. The summed E-state index contributed by atoms with van der Waals surface area (Å²) in [5, 5.41) is 8.90. The first-order valence-corrected chi connectivity index (χ1v) is 11.6. The van der Waals surface area contributed by atoms with Crippen molar-refractivity contribution in [3.63, 3.8) is 0 Å². The van der Waals surface area contributed by atoms with E-state index in [0.717, 1.165) is 51.4 Å². The first kappa shape index (κ1) is 19.8. The first-order valence-electron chi connectivity index (χ1n) is 10.2. The van der Waals surface area contributed by atoms with E-state index in [2.05, 4.69) is 16.0 Å². The zero-order chi connectivity index (χ0) is 20.3. The van der Waals surface area contributed by atoms with Crippen LogP contribution in [0.1, 0.15) is 24.0 Å². The molecule has 0 aliphatic carbocycles. The van der Waals surface area contributed by atoms with Crippen molar-refractivity contribution in [3.8, 4) is 6.07 Å². The molecule has 1 aromatic heterocycles. The van der Waals surface area contributed by atoms with Crippen LogP contribution in [-0.2, 0) is 16.6 Å². The number of rotatable bonds is 5. The molecular weight excluding hydrogens is 386 g/mol. The molecular formula is C21H27N5O2S+2. The quantitative estimate of drug-likeness (QED) is 0.752. The van der Waals surface area contributed by atoms with Crippen LogP contribution >= 0.6 is 0 Å². The van der Waals surface area contributed by atoms with Gasteiger partial charge in [-0.3, -0.25) is 4.90 Å². The highest BCUT2D eigenvalue weighted by atomic mass is 32.2. The number of nitrogens with one attached hydrogen (secondary N) is 2. The summed E-state index contributed by atoms with van der Waals surface area (Å²) < 4.78 is 26.9. The van der Waals surface area contributed by atoms with E-state index < -0.39 is 10.0 Å². The van der Waals surface area contributed by atoms with Gasteiger partial charge in [0.15, 0.2) is 0 Å². The Morgan fingerprint density at radius 2 is 1.69 bits per heavy atom. The highest BCUT2D eigenvalue weighted by Crippen LogP contribution is 2.20. The van der Waals surface area contributed by atoms with Crippen molar-refractivity contribution >= 4 is 15.8 Å². The molecule has 0 radical (unpaired) electrons. The Kier molecular flexibility index (Phi) is 5.81. The second kappa shape index (κ2) is 8.49. The molecule has 0 atom stereocenters. The van der Waals surface area contributed by atoms with Gasteiger partial charge >= 0.3 is 0 Å². The lowest BCUT2D eigenvalue weighted by atomic mass is 10.1. The SMILES string of the molecule is N#Cc1ccc(C[NH+]2CCN(c3ccc(S(=O)(=O)N4CCCC4)c[nH+]3)CC2)cc1. The Labute approximate surface area is 172 Å². The van der Waals surface area contributed by atoms with Gasteiger partial charge in [-0.15, -0.1) is 0 Å². The van der Waals surface area contributed by atoms with Gasteiger partial charge in [0, 0.05) is 24.7 Å². The average molecular weight is 414 g/mol. The molecule has 0 saturated carbocycles. The van der Waals surface area contributed by atoms with Crippen LogP contribution in [0.15, 0.2) is 47.5 Å². The summed E-state index contributed by atoms with van der Waals surface area (Å²) in [6.07, 6.45) is 3.51. The molecule has 2 aromatic rings. The molecule has 2 aliphatic heterocycles. The molecule has 2 saturated heterocycles. The molecule has 0 spiro atoms. The number of anilines is 1. The maximum atomic E-state index is 12.7. The van der Waals surface area contributed by atoms with Crippen LogP contribution in [-0.4, -0.2) is 52.0 Å². The van der Waals surface area contributed by atoms with Crippen molar-refractivity contribution in [2.45, 2.75) is 24.3 Å². The van der Waals surface area contributed by atoms with Gasteiger partial charge < -0.3 is 4.90 Å². The second-order valence-electron chi connectivity index (χ2n) is 7.74. The van der Waals surface area contributed by atoms with Crippen LogP contribution in [0.2, 0.25) is 0 Å². The van der Waals surface area contributed by atoms with Crippen LogP contribution < -0.4 is 14.8 Å². The van der Waals surface area contributed by atoms with Gasteiger partial charge in [-0.05, 0) is 31.0 Å². The minimum Gasteiger partial charge on any atom is -0.325 e. The Balaban J connectivity index is 1.34. The minimum atomic E-state index is -3.38. The fourth-order valence-corrected chi connectivity index (χ4v) is 5.55. The van der Waals surface area contributed by atoms with Crippen LogP contribution in [0.25, 0.3) is 0 Å². The monoisotopic (exact) mass is 413 g/mol. The fourth-order valence-electron chi connectivity index (χ4n) is 4.06. The molecule has 4 rings (SSSR count). The van der Waals surface area contributed by atoms with E-state index in [4.69, 9.17) is 5.26 Å². The van der Waals surface area contributed by atoms with Gasteiger partial charge in [0.1, 0.15) is 43.8 Å². The number of quaternary nitrogens is 1. The van der Waals surface area contributed by atoms with Crippen molar-refractivity contribution in [1.82, 2.24) is 4.31 Å². The van der Waals surface area contributed by atoms with E-state index >= 15 is 0 Å². The number of piperazine rings is 1. The highest BCUT2D eigenvalue weighted by Gasteiger charge is 2.30. The van der Waals surface area contributed by atoms with E-state index in [-0.39, 0.29) is 0 Å². The third-order valence-corrected chi connectivity index (χ3v) is 7.71. The van der Waals surface area contributed by atoms with Gasteiger partial charge in [0.25, 0.3) is 5.82 Å². The zero-order valence-electron chi connectivity index (χ0n) is 16.5. The number of H-pyrrole nitrogens is 1. The van der Waals surface area contributed by atoms with Crippen LogP contribution in [0.4, 0.5) is 5.82 Å². The van der Waals surface area contributed by atoms with Crippen LogP contribution in [0.5, 0.6) is 0 Å². The van der Waals surface area contributed by atoms with E-state index in [0.29, 0.717) is 23.5 Å². The number of benzene rings is 1. The average Bonchev–Trinajstić information content (AvgIpc) is 3.31. The van der Waals surface area contributed by atoms with Crippen LogP contribution in [0, 0.1) is 11.3 Å². The molecule has 2 N–H and O–H groups in total. The maximum Gasteiger partial charge on any atom is 0.274 e. The molecule has 7 nitrogen and oxygen atoms in total. The van der Waals surface area contributed by atoms with Crippen molar-refractivity contribution in [2.75, 3.05) is 44.2 Å². The predicted octanol–water partition coefficient (Wildman–Crippen LogP) is 0.0620. The molecule has 0 bridgehead atoms. The predicted molar refractivity (Wildman–Crippen MR) is 109 cm³/mol. The summed E-state index contributed by atoms with van der Waals surface area (Å²) in [5.74, 6) is 0.961.